The monoisotopic (exact) mass is 404 g/mol. The van der Waals surface area contributed by atoms with Gasteiger partial charge >= 0.3 is 0 Å². The summed E-state index contributed by atoms with van der Waals surface area (Å²) in [5.74, 6) is 2.09. The van der Waals surface area contributed by atoms with Gasteiger partial charge in [0.05, 0.1) is 13.2 Å². The quantitative estimate of drug-likeness (QED) is 0.352. The molecule has 1 atom stereocenters. The highest BCUT2D eigenvalue weighted by atomic mass is 16.5. The van der Waals surface area contributed by atoms with E-state index in [4.69, 9.17) is 9.47 Å². The SMILES string of the molecule is CN=C(NCCNC(=O)C(C)(C)C)NCc1ccc(C)cc1OCC1CCOC1. The Morgan fingerprint density at radius 3 is 2.66 bits per heavy atom. The van der Waals surface area contributed by atoms with Crippen molar-refractivity contribution in [2.75, 3.05) is 40.0 Å². The van der Waals surface area contributed by atoms with Crippen molar-refractivity contribution >= 4 is 11.9 Å². The molecule has 0 spiro atoms. The van der Waals surface area contributed by atoms with E-state index in [9.17, 15) is 4.79 Å². The molecule has 7 heteroatoms. The van der Waals surface area contributed by atoms with E-state index in [0.717, 1.165) is 30.9 Å². The van der Waals surface area contributed by atoms with Crippen molar-refractivity contribution < 1.29 is 14.3 Å². The molecule has 1 amide bonds. The Bertz CT molecular complexity index is 692. The lowest BCUT2D eigenvalue weighted by atomic mass is 9.96. The number of hydrogen-bond acceptors (Lipinski definition) is 4. The molecule has 29 heavy (non-hydrogen) atoms. The van der Waals surface area contributed by atoms with Crippen LogP contribution in [0, 0.1) is 18.3 Å². The van der Waals surface area contributed by atoms with Gasteiger partial charge in [-0.05, 0) is 25.0 Å². The number of guanidine groups is 1. The van der Waals surface area contributed by atoms with Crippen LogP contribution in [-0.2, 0) is 16.1 Å². The van der Waals surface area contributed by atoms with E-state index in [-0.39, 0.29) is 11.3 Å². The summed E-state index contributed by atoms with van der Waals surface area (Å²) in [6.07, 6.45) is 1.06. The van der Waals surface area contributed by atoms with Gasteiger partial charge < -0.3 is 25.4 Å². The predicted molar refractivity (Wildman–Crippen MR) is 116 cm³/mol. The highest BCUT2D eigenvalue weighted by Crippen LogP contribution is 2.22. The fourth-order valence-electron chi connectivity index (χ4n) is 2.89. The van der Waals surface area contributed by atoms with Gasteiger partial charge in [0.2, 0.25) is 5.91 Å². The molecule has 162 valence electrons. The van der Waals surface area contributed by atoms with Gasteiger partial charge in [0.1, 0.15) is 5.75 Å². The Kier molecular flexibility index (Phi) is 8.76. The number of ether oxygens (including phenoxy) is 2. The first kappa shape index (κ1) is 23.0. The summed E-state index contributed by atoms with van der Waals surface area (Å²) in [6, 6.07) is 6.24. The number of rotatable bonds is 8. The third-order valence-corrected chi connectivity index (χ3v) is 4.78. The zero-order valence-electron chi connectivity index (χ0n) is 18.4. The zero-order valence-corrected chi connectivity index (χ0v) is 18.4. The molecule has 3 N–H and O–H groups in total. The largest absolute Gasteiger partial charge is 0.493 e. The number of aryl methyl sites for hydroxylation is 1. The lowest BCUT2D eigenvalue weighted by Crippen LogP contribution is -2.43. The number of nitrogens with one attached hydrogen (secondary N) is 3. The van der Waals surface area contributed by atoms with Gasteiger partial charge in [-0.3, -0.25) is 9.79 Å². The maximum atomic E-state index is 11.9. The molecular formula is C22H36N4O3. The second-order valence-corrected chi connectivity index (χ2v) is 8.51. The molecule has 1 heterocycles. The predicted octanol–water partition coefficient (Wildman–Crippen LogP) is 2.24. The van der Waals surface area contributed by atoms with Crippen LogP contribution >= 0.6 is 0 Å². The fourth-order valence-corrected chi connectivity index (χ4v) is 2.89. The lowest BCUT2D eigenvalue weighted by molar-refractivity contribution is -0.128. The summed E-state index contributed by atoms with van der Waals surface area (Å²) in [5, 5.41) is 9.45. The van der Waals surface area contributed by atoms with Crippen LogP contribution in [0.5, 0.6) is 5.75 Å². The molecule has 0 aromatic heterocycles. The summed E-state index contributed by atoms with van der Waals surface area (Å²) >= 11 is 0. The number of benzene rings is 1. The Morgan fingerprint density at radius 2 is 2.00 bits per heavy atom. The van der Waals surface area contributed by atoms with Crippen LogP contribution in [0.1, 0.15) is 38.3 Å². The maximum Gasteiger partial charge on any atom is 0.225 e. The molecule has 1 unspecified atom stereocenters. The summed E-state index contributed by atoms with van der Waals surface area (Å²) in [6.45, 7) is 11.8. The topological polar surface area (TPSA) is 84.0 Å². The molecule has 1 aliphatic heterocycles. The Morgan fingerprint density at radius 1 is 1.24 bits per heavy atom. The number of aliphatic imine (C=N–C) groups is 1. The van der Waals surface area contributed by atoms with Gasteiger partial charge in [-0.1, -0.05) is 32.9 Å². The van der Waals surface area contributed by atoms with Crippen molar-refractivity contribution in [3.8, 4) is 5.75 Å². The highest BCUT2D eigenvalue weighted by Gasteiger charge is 2.20. The van der Waals surface area contributed by atoms with Gasteiger partial charge in [0.25, 0.3) is 0 Å². The van der Waals surface area contributed by atoms with E-state index < -0.39 is 0 Å². The van der Waals surface area contributed by atoms with E-state index in [0.29, 0.717) is 38.1 Å². The summed E-state index contributed by atoms with van der Waals surface area (Å²) in [5.41, 5.74) is 1.87. The van der Waals surface area contributed by atoms with Crippen LogP contribution in [0.3, 0.4) is 0 Å². The number of nitrogens with zero attached hydrogens (tertiary/aromatic N) is 1. The smallest absolute Gasteiger partial charge is 0.225 e. The lowest BCUT2D eigenvalue weighted by Gasteiger charge is -2.19. The van der Waals surface area contributed by atoms with Crippen LogP contribution in [0.2, 0.25) is 0 Å². The minimum atomic E-state index is -0.383. The molecular weight excluding hydrogens is 368 g/mol. The molecule has 2 rings (SSSR count). The number of carbonyl (C=O) groups excluding carboxylic acids is 1. The molecule has 1 fully saturated rings. The van der Waals surface area contributed by atoms with E-state index >= 15 is 0 Å². The summed E-state index contributed by atoms with van der Waals surface area (Å²) < 4.78 is 11.5. The third kappa shape index (κ3) is 7.93. The van der Waals surface area contributed by atoms with Crippen molar-refractivity contribution in [3.63, 3.8) is 0 Å². The van der Waals surface area contributed by atoms with Crippen molar-refractivity contribution in [2.45, 2.75) is 40.7 Å². The van der Waals surface area contributed by atoms with Crippen LogP contribution < -0.4 is 20.7 Å². The molecule has 0 bridgehead atoms. The van der Waals surface area contributed by atoms with E-state index in [2.05, 4.69) is 46.1 Å². The summed E-state index contributed by atoms with van der Waals surface area (Å²) in [4.78, 5) is 16.2. The second-order valence-electron chi connectivity index (χ2n) is 8.51. The molecule has 1 aromatic rings. The van der Waals surface area contributed by atoms with Gasteiger partial charge in [-0.25, -0.2) is 0 Å². The standard InChI is InChI=1S/C22H36N4O3/c1-16-6-7-18(19(12-16)29-15-17-8-11-28-14-17)13-26-21(23-5)25-10-9-24-20(27)22(2,3)4/h6-7,12,17H,8-11,13-15H2,1-5H3,(H,24,27)(H2,23,25,26). The summed E-state index contributed by atoms with van der Waals surface area (Å²) in [7, 11) is 1.73. The van der Waals surface area contributed by atoms with Crippen molar-refractivity contribution in [3.05, 3.63) is 29.3 Å². The van der Waals surface area contributed by atoms with Gasteiger partial charge in [-0.15, -0.1) is 0 Å². The highest BCUT2D eigenvalue weighted by molar-refractivity contribution is 5.81. The van der Waals surface area contributed by atoms with Crippen LogP contribution in [-0.4, -0.2) is 51.8 Å². The average Bonchev–Trinajstić information content (AvgIpc) is 3.19. The Balaban J connectivity index is 1.81. The van der Waals surface area contributed by atoms with Crippen molar-refractivity contribution in [1.82, 2.24) is 16.0 Å². The Labute approximate surface area is 174 Å². The molecule has 1 aromatic carbocycles. The first-order valence-electron chi connectivity index (χ1n) is 10.3. The Hall–Kier alpha value is -2.28. The average molecular weight is 405 g/mol. The van der Waals surface area contributed by atoms with E-state index in [1.807, 2.05) is 20.8 Å². The first-order chi connectivity index (χ1) is 13.8. The number of carbonyl (C=O) groups is 1. The number of hydrogen-bond donors (Lipinski definition) is 3. The molecule has 0 aliphatic carbocycles. The van der Waals surface area contributed by atoms with Crippen LogP contribution in [0.15, 0.2) is 23.2 Å². The molecule has 1 aliphatic rings. The van der Waals surface area contributed by atoms with E-state index in [1.54, 1.807) is 7.05 Å². The third-order valence-electron chi connectivity index (χ3n) is 4.78. The van der Waals surface area contributed by atoms with Gasteiger partial charge in [-0.2, -0.15) is 0 Å². The molecule has 0 saturated carbocycles. The normalized spacial score (nSPS) is 17.1. The molecule has 7 nitrogen and oxygen atoms in total. The van der Waals surface area contributed by atoms with Gasteiger partial charge in [0, 0.05) is 50.2 Å². The first-order valence-corrected chi connectivity index (χ1v) is 10.3. The molecule has 0 radical (unpaired) electrons. The van der Waals surface area contributed by atoms with Crippen LogP contribution in [0.25, 0.3) is 0 Å². The van der Waals surface area contributed by atoms with Gasteiger partial charge in [0.15, 0.2) is 5.96 Å². The second kappa shape index (κ2) is 11.0. The van der Waals surface area contributed by atoms with E-state index in [1.165, 1.54) is 5.56 Å². The number of amides is 1. The van der Waals surface area contributed by atoms with Crippen molar-refractivity contribution in [2.24, 2.45) is 16.3 Å². The zero-order chi connectivity index (χ0) is 21.3. The molecule has 1 saturated heterocycles. The van der Waals surface area contributed by atoms with Crippen LogP contribution in [0.4, 0.5) is 0 Å². The fraction of sp³-hybridized carbons (Fsp3) is 0.636. The van der Waals surface area contributed by atoms with Crippen molar-refractivity contribution in [1.29, 1.82) is 0 Å². The minimum Gasteiger partial charge on any atom is -0.493 e. The maximum absolute atomic E-state index is 11.9. The minimum absolute atomic E-state index is 0.0383.